The molecule has 194 valence electrons. The molecule has 0 bridgehead atoms. The Morgan fingerprint density at radius 3 is 2.49 bits per heavy atom. The lowest BCUT2D eigenvalue weighted by Crippen LogP contribution is -2.57. The summed E-state index contributed by atoms with van der Waals surface area (Å²) < 4.78 is 0. The Morgan fingerprint density at radius 1 is 1.20 bits per heavy atom. The molecule has 1 heterocycles. The fourth-order valence-corrected chi connectivity index (χ4v) is 4.63. The van der Waals surface area contributed by atoms with Crippen molar-refractivity contribution in [1.29, 1.82) is 0 Å². The van der Waals surface area contributed by atoms with Crippen LogP contribution in [0.3, 0.4) is 0 Å². The number of amides is 3. The van der Waals surface area contributed by atoms with E-state index >= 15 is 0 Å². The van der Waals surface area contributed by atoms with Crippen molar-refractivity contribution in [3.05, 3.63) is 35.9 Å². The number of thioether (sulfide) groups is 1. The maximum Gasteiger partial charge on any atom is 0.326 e. The number of rotatable bonds is 13. The van der Waals surface area contributed by atoms with Crippen molar-refractivity contribution in [2.45, 2.75) is 70.1 Å². The van der Waals surface area contributed by atoms with Crippen LogP contribution < -0.4 is 16.4 Å². The molecule has 0 saturated carbocycles. The number of likely N-dealkylation sites (tertiary alicyclic amines) is 1. The molecule has 9 nitrogen and oxygen atoms in total. The van der Waals surface area contributed by atoms with Crippen molar-refractivity contribution in [2.75, 3.05) is 18.6 Å². The third-order valence-corrected chi connectivity index (χ3v) is 7.13. The average molecular weight is 507 g/mol. The Kier molecular flexibility index (Phi) is 11.5. The lowest BCUT2D eigenvalue weighted by atomic mass is 9.98. The quantitative estimate of drug-likeness (QED) is 0.317. The van der Waals surface area contributed by atoms with Gasteiger partial charge in [-0.2, -0.15) is 11.8 Å². The fourth-order valence-electron chi connectivity index (χ4n) is 4.14. The number of hydrogen-bond donors (Lipinski definition) is 4. The molecule has 5 unspecified atom stereocenters. The van der Waals surface area contributed by atoms with Crippen molar-refractivity contribution >= 4 is 35.5 Å². The highest BCUT2D eigenvalue weighted by Crippen LogP contribution is 2.21. The van der Waals surface area contributed by atoms with Gasteiger partial charge in [-0.15, -0.1) is 0 Å². The average Bonchev–Trinajstić information content (AvgIpc) is 3.34. The van der Waals surface area contributed by atoms with E-state index in [1.165, 1.54) is 4.90 Å². The van der Waals surface area contributed by atoms with Crippen LogP contribution in [0.2, 0.25) is 0 Å². The van der Waals surface area contributed by atoms with Gasteiger partial charge in [0.05, 0.1) is 6.04 Å². The van der Waals surface area contributed by atoms with Gasteiger partial charge in [-0.3, -0.25) is 14.4 Å². The van der Waals surface area contributed by atoms with Gasteiger partial charge in [0, 0.05) is 13.0 Å². The number of nitrogens with one attached hydrogen (secondary N) is 2. The summed E-state index contributed by atoms with van der Waals surface area (Å²) >= 11 is 1.59. The molecule has 0 aliphatic carbocycles. The number of carboxylic acid groups (broad SMARTS) is 1. The van der Waals surface area contributed by atoms with Gasteiger partial charge in [0.1, 0.15) is 18.1 Å². The van der Waals surface area contributed by atoms with Crippen LogP contribution in [0.4, 0.5) is 0 Å². The van der Waals surface area contributed by atoms with Crippen molar-refractivity contribution in [3.63, 3.8) is 0 Å². The van der Waals surface area contributed by atoms with Crippen molar-refractivity contribution < 1.29 is 24.3 Å². The Balaban J connectivity index is 2.20. The first kappa shape index (κ1) is 28.6. The molecular formula is C25H38N4O5S. The van der Waals surface area contributed by atoms with Gasteiger partial charge in [-0.25, -0.2) is 4.79 Å². The van der Waals surface area contributed by atoms with Crippen molar-refractivity contribution in [2.24, 2.45) is 11.7 Å². The first-order valence-electron chi connectivity index (χ1n) is 12.1. The summed E-state index contributed by atoms with van der Waals surface area (Å²) in [4.78, 5) is 52.6. The van der Waals surface area contributed by atoms with E-state index in [0.29, 0.717) is 32.2 Å². The van der Waals surface area contributed by atoms with Crippen molar-refractivity contribution in [1.82, 2.24) is 15.5 Å². The van der Waals surface area contributed by atoms with Gasteiger partial charge in [-0.05, 0) is 42.8 Å². The van der Waals surface area contributed by atoms with Crippen LogP contribution in [0, 0.1) is 5.92 Å². The number of nitrogens with two attached hydrogens (primary N) is 1. The summed E-state index contributed by atoms with van der Waals surface area (Å²) in [5.74, 6) is -1.89. The molecule has 0 radical (unpaired) electrons. The van der Waals surface area contributed by atoms with Crippen LogP contribution in [0.1, 0.15) is 45.1 Å². The van der Waals surface area contributed by atoms with Gasteiger partial charge in [-0.1, -0.05) is 50.6 Å². The van der Waals surface area contributed by atoms with E-state index in [1.54, 1.807) is 18.7 Å². The molecule has 2 rings (SSSR count). The Labute approximate surface area is 211 Å². The van der Waals surface area contributed by atoms with E-state index < -0.39 is 42.0 Å². The summed E-state index contributed by atoms with van der Waals surface area (Å²) in [6.45, 7) is 3.99. The van der Waals surface area contributed by atoms with E-state index in [-0.39, 0.29) is 18.2 Å². The van der Waals surface area contributed by atoms with E-state index in [4.69, 9.17) is 5.73 Å². The molecule has 5 N–H and O–H groups in total. The first-order valence-corrected chi connectivity index (χ1v) is 13.5. The molecule has 0 spiro atoms. The smallest absolute Gasteiger partial charge is 0.326 e. The van der Waals surface area contributed by atoms with Gasteiger partial charge in [0.15, 0.2) is 0 Å². The molecule has 1 saturated heterocycles. The monoisotopic (exact) mass is 506 g/mol. The van der Waals surface area contributed by atoms with E-state index in [9.17, 15) is 24.3 Å². The number of carboxylic acids is 1. The number of hydrogen-bond acceptors (Lipinski definition) is 6. The van der Waals surface area contributed by atoms with E-state index in [1.807, 2.05) is 43.5 Å². The Bertz CT molecular complexity index is 869. The molecule has 5 atom stereocenters. The second kappa shape index (κ2) is 14.1. The van der Waals surface area contributed by atoms with Crippen LogP contribution in [0.15, 0.2) is 30.3 Å². The molecule has 1 fully saturated rings. The predicted octanol–water partition coefficient (Wildman–Crippen LogP) is 1.40. The summed E-state index contributed by atoms with van der Waals surface area (Å²) in [6, 6.07) is 5.89. The number of aliphatic carboxylic acids is 1. The lowest BCUT2D eigenvalue weighted by molar-refractivity contribution is -0.146. The summed E-state index contributed by atoms with van der Waals surface area (Å²) in [5, 5.41) is 15.0. The molecule has 1 aromatic rings. The van der Waals surface area contributed by atoms with Crippen LogP contribution in [0.5, 0.6) is 0 Å². The molecule has 1 aliphatic heterocycles. The van der Waals surface area contributed by atoms with Crippen LogP contribution in [-0.2, 0) is 25.6 Å². The summed E-state index contributed by atoms with van der Waals surface area (Å²) in [5.41, 5.74) is 6.90. The van der Waals surface area contributed by atoms with Crippen LogP contribution in [-0.4, -0.2) is 76.4 Å². The standard InChI is InChI=1S/C25H38N4O5S/c1-4-16(2)21(25(33)34)28-23(31)20-11-8-13-29(20)24(32)19(15-17-9-6-5-7-10-17)27-22(30)18(26)12-14-35-3/h5-7,9-10,16,18-21H,4,8,11-15,26H2,1-3H3,(H,27,30)(H,28,31)(H,33,34). The SMILES string of the molecule is CCC(C)C(NC(=O)C1CCCN1C(=O)C(Cc1ccccc1)NC(=O)C(N)CCSC)C(=O)O. The van der Waals surface area contributed by atoms with Crippen LogP contribution >= 0.6 is 11.8 Å². The third-order valence-electron chi connectivity index (χ3n) is 6.48. The van der Waals surface area contributed by atoms with E-state index in [0.717, 1.165) is 11.3 Å². The highest BCUT2D eigenvalue weighted by Gasteiger charge is 2.39. The number of carbonyl (C=O) groups is 4. The first-order chi connectivity index (χ1) is 16.7. The molecule has 3 amide bonds. The number of benzene rings is 1. The third kappa shape index (κ3) is 8.24. The van der Waals surface area contributed by atoms with Gasteiger partial charge < -0.3 is 26.4 Å². The van der Waals surface area contributed by atoms with Gasteiger partial charge in [0.2, 0.25) is 17.7 Å². The normalized spacial score (nSPS) is 18.9. The minimum atomic E-state index is -1.10. The molecule has 1 aromatic carbocycles. The van der Waals surface area contributed by atoms with Gasteiger partial charge >= 0.3 is 5.97 Å². The molecule has 10 heteroatoms. The molecular weight excluding hydrogens is 468 g/mol. The minimum absolute atomic E-state index is 0.255. The summed E-state index contributed by atoms with van der Waals surface area (Å²) in [7, 11) is 0. The lowest BCUT2D eigenvalue weighted by Gasteiger charge is -2.30. The Hall–Kier alpha value is -2.59. The highest BCUT2D eigenvalue weighted by atomic mass is 32.2. The largest absolute Gasteiger partial charge is 0.480 e. The number of carbonyl (C=O) groups excluding carboxylic acids is 3. The second-order valence-corrected chi connectivity index (χ2v) is 10.0. The molecule has 35 heavy (non-hydrogen) atoms. The fraction of sp³-hybridized carbons (Fsp3) is 0.600. The highest BCUT2D eigenvalue weighted by molar-refractivity contribution is 7.98. The second-order valence-electron chi connectivity index (χ2n) is 9.04. The topological polar surface area (TPSA) is 142 Å². The number of nitrogens with zero attached hydrogens (tertiary/aromatic N) is 1. The molecule has 1 aliphatic rings. The Morgan fingerprint density at radius 2 is 1.89 bits per heavy atom. The molecule has 0 aromatic heterocycles. The zero-order valence-corrected chi connectivity index (χ0v) is 21.6. The van der Waals surface area contributed by atoms with Crippen molar-refractivity contribution in [3.8, 4) is 0 Å². The summed E-state index contributed by atoms with van der Waals surface area (Å²) in [6.07, 6.45) is 4.32. The minimum Gasteiger partial charge on any atom is -0.480 e. The van der Waals surface area contributed by atoms with Crippen LogP contribution in [0.25, 0.3) is 0 Å². The zero-order valence-electron chi connectivity index (χ0n) is 20.7. The van der Waals surface area contributed by atoms with E-state index in [2.05, 4.69) is 10.6 Å². The maximum atomic E-state index is 13.6. The maximum absolute atomic E-state index is 13.6. The predicted molar refractivity (Wildman–Crippen MR) is 137 cm³/mol. The van der Waals surface area contributed by atoms with Gasteiger partial charge in [0.25, 0.3) is 0 Å². The zero-order chi connectivity index (χ0) is 26.0.